The third-order valence-electron chi connectivity index (χ3n) is 6.73. The molecule has 0 aromatic carbocycles. The highest BCUT2D eigenvalue weighted by Crippen LogP contribution is 2.24. The van der Waals surface area contributed by atoms with Crippen LogP contribution in [0.15, 0.2) is 39.2 Å². The standard InChI is InChI=1S/C24H28N4O9S3/c29-19(27-12-14(10-16(27)23(32)33)25-22(31)18-4-2-8-38-18)5-1-6-20(30)28-13-15(11-17(28)24(34)35)26-40(36,37)21-7-3-9-39-21/h2-4,7-9,14-17,26H,1,5-6,10-13H2,(H,25,31)(H,32,33)(H,34,35)/p-2/t14-,15-,16-,17-/m0/s1. The minimum atomic E-state index is -3.89. The van der Waals surface area contributed by atoms with Crippen LogP contribution >= 0.6 is 22.7 Å². The first-order valence-corrected chi connectivity index (χ1v) is 15.6. The third-order valence-corrected chi connectivity index (χ3v) is 10.5. The Hall–Kier alpha value is -3.34. The van der Waals surface area contributed by atoms with Gasteiger partial charge in [0, 0.05) is 38.0 Å². The van der Waals surface area contributed by atoms with Gasteiger partial charge in [0.15, 0.2) is 0 Å². The summed E-state index contributed by atoms with van der Waals surface area (Å²) in [6.07, 6.45) is -0.602. The lowest BCUT2D eigenvalue weighted by atomic mass is 10.1. The lowest BCUT2D eigenvalue weighted by molar-refractivity contribution is -0.311. The summed E-state index contributed by atoms with van der Waals surface area (Å²) in [4.78, 5) is 63.9. The number of carboxylic acids is 2. The molecule has 0 aliphatic carbocycles. The zero-order chi connectivity index (χ0) is 29.0. The Morgan fingerprint density at radius 3 is 1.93 bits per heavy atom. The van der Waals surface area contributed by atoms with Gasteiger partial charge in [0.25, 0.3) is 5.91 Å². The van der Waals surface area contributed by atoms with Crippen molar-refractivity contribution in [2.75, 3.05) is 13.1 Å². The number of aliphatic carboxylic acids is 2. The van der Waals surface area contributed by atoms with Crippen molar-refractivity contribution >= 4 is 62.4 Å². The molecular formula is C24H26N4O9S3-2. The molecular weight excluding hydrogens is 584 g/mol. The third kappa shape index (κ3) is 6.86. The first kappa shape index (κ1) is 29.6. The highest BCUT2D eigenvalue weighted by molar-refractivity contribution is 7.91. The van der Waals surface area contributed by atoms with E-state index in [1.54, 1.807) is 29.0 Å². The molecule has 16 heteroatoms. The number of carbonyl (C=O) groups excluding carboxylic acids is 5. The normalized spacial score (nSPS) is 22.8. The van der Waals surface area contributed by atoms with Crippen LogP contribution in [0.4, 0.5) is 0 Å². The van der Waals surface area contributed by atoms with Gasteiger partial charge in [0.2, 0.25) is 21.8 Å². The molecule has 2 aromatic heterocycles. The fourth-order valence-electron chi connectivity index (χ4n) is 4.90. The predicted molar refractivity (Wildman–Crippen MR) is 138 cm³/mol. The second-order valence-corrected chi connectivity index (χ2v) is 13.3. The summed E-state index contributed by atoms with van der Waals surface area (Å²) in [6.45, 7) is -0.214. The van der Waals surface area contributed by atoms with Crippen LogP contribution in [0.3, 0.4) is 0 Å². The van der Waals surface area contributed by atoms with Gasteiger partial charge in [-0.2, -0.15) is 0 Å². The number of likely N-dealkylation sites (tertiary alicyclic amines) is 2. The average Bonchev–Trinajstić information content (AvgIpc) is 3.70. The fraction of sp³-hybridized carbons (Fsp3) is 0.458. The topological polar surface area (TPSA) is 196 Å². The maximum Gasteiger partial charge on any atom is 0.261 e. The van der Waals surface area contributed by atoms with Crippen LogP contribution < -0.4 is 20.3 Å². The summed E-state index contributed by atoms with van der Waals surface area (Å²) in [6, 6.07) is 2.29. The number of amides is 3. The van der Waals surface area contributed by atoms with Crippen LogP contribution in [-0.4, -0.2) is 85.1 Å². The number of hydrogen-bond donors (Lipinski definition) is 2. The lowest BCUT2D eigenvalue weighted by Gasteiger charge is -2.26. The van der Waals surface area contributed by atoms with E-state index in [2.05, 4.69) is 10.0 Å². The molecule has 2 fully saturated rings. The first-order chi connectivity index (χ1) is 19.0. The predicted octanol–water partition coefficient (Wildman–Crippen LogP) is -1.87. The van der Waals surface area contributed by atoms with Crippen LogP contribution in [0, 0.1) is 0 Å². The Labute approximate surface area is 237 Å². The van der Waals surface area contributed by atoms with Crippen molar-refractivity contribution in [3.63, 3.8) is 0 Å². The van der Waals surface area contributed by atoms with Gasteiger partial charge in [-0.1, -0.05) is 12.1 Å². The molecule has 2 aliphatic rings. The van der Waals surface area contributed by atoms with Crippen molar-refractivity contribution in [2.24, 2.45) is 0 Å². The van der Waals surface area contributed by atoms with Crippen LogP contribution in [0.1, 0.15) is 41.8 Å². The Morgan fingerprint density at radius 2 is 1.40 bits per heavy atom. The number of hydrogen-bond acceptors (Lipinski definition) is 11. The molecule has 216 valence electrons. The Kier molecular flexibility index (Phi) is 9.22. The molecule has 3 amide bonds. The molecule has 2 saturated heterocycles. The molecule has 0 unspecified atom stereocenters. The second-order valence-electron chi connectivity index (χ2n) is 9.48. The monoisotopic (exact) mass is 610 g/mol. The molecule has 0 bridgehead atoms. The number of nitrogens with one attached hydrogen (secondary N) is 2. The van der Waals surface area contributed by atoms with E-state index in [0.717, 1.165) is 21.1 Å². The number of thiophene rings is 2. The van der Waals surface area contributed by atoms with E-state index in [1.165, 1.54) is 17.4 Å². The van der Waals surface area contributed by atoms with Gasteiger partial charge in [0.05, 0.1) is 28.9 Å². The zero-order valence-corrected chi connectivity index (χ0v) is 23.5. The summed E-state index contributed by atoms with van der Waals surface area (Å²) >= 11 is 2.22. The zero-order valence-electron chi connectivity index (χ0n) is 21.0. The summed E-state index contributed by atoms with van der Waals surface area (Å²) in [7, 11) is -3.89. The number of carbonyl (C=O) groups is 5. The largest absolute Gasteiger partial charge is 0.548 e. The van der Waals surface area contributed by atoms with Crippen molar-refractivity contribution in [3.8, 4) is 0 Å². The van der Waals surface area contributed by atoms with Crippen LogP contribution in [0.25, 0.3) is 0 Å². The number of rotatable bonds is 11. The molecule has 2 aromatic rings. The summed E-state index contributed by atoms with van der Waals surface area (Å²) < 4.78 is 27.5. The Balaban J connectivity index is 1.30. The maximum atomic E-state index is 12.8. The van der Waals surface area contributed by atoms with Crippen molar-refractivity contribution in [1.29, 1.82) is 0 Å². The van der Waals surface area contributed by atoms with Gasteiger partial charge < -0.3 is 34.9 Å². The van der Waals surface area contributed by atoms with E-state index in [9.17, 15) is 42.6 Å². The molecule has 13 nitrogen and oxygen atoms in total. The van der Waals surface area contributed by atoms with Gasteiger partial charge in [-0.25, -0.2) is 13.1 Å². The van der Waals surface area contributed by atoms with E-state index in [1.807, 2.05) is 0 Å². The molecule has 40 heavy (non-hydrogen) atoms. The minimum absolute atomic E-state index is 0.00200. The van der Waals surface area contributed by atoms with Gasteiger partial charge in [0.1, 0.15) is 4.21 Å². The lowest BCUT2D eigenvalue weighted by Crippen LogP contribution is -2.47. The Bertz CT molecular complexity index is 1360. The minimum Gasteiger partial charge on any atom is -0.548 e. The van der Waals surface area contributed by atoms with Gasteiger partial charge in [-0.05, 0) is 42.2 Å². The molecule has 2 N–H and O–H groups in total. The van der Waals surface area contributed by atoms with Crippen molar-refractivity contribution in [3.05, 3.63) is 39.9 Å². The molecule has 0 radical (unpaired) electrons. The summed E-state index contributed by atoms with van der Waals surface area (Å²) in [5, 5.41) is 29.4. The summed E-state index contributed by atoms with van der Waals surface area (Å²) in [5.41, 5.74) is 0. The highest BCUT2D eigenvalue weighted by Gasteiger charge is 2.39. The maximum absolute atomic E-state index is 12.8. The van der Waals surface area contributed by atoms with Crippen LogP contribution in [0.2, 0.25) is 0 Å². The van der Waals surface area contributed by atoms with E-state index in [-0.39, 0.29) is 55.3 Å². The SMILES string of the molecule is O=C(N[C@H]1C[C@@H](C(=O)[O-])N(C(=O)CCCC(=O)N2C[C@@H](NS(=O)(=O)c3cccs3)C[C@H]2C(=O)[O-])C1)c1cccs1. The smallest absolute Gasteiger partial charge is 0.261 e. The molecule has 4 heterocycles. The van der Waals surface area contributed by atoms with E-state index >= 15 is 0 Å². The highest BCUT2D eigenvalue weighted by atomic mass is 32.2. The van der Waals surface area contributed by atoms with Crippen LogP contribution in [-0.2, 0) is 29.2 Å². The summed E-state index contributed by atoms with van der Waals surface area (Å²) in [5.74, 6) is -4.50. The first-order valence-electron chi connectivity index (χ1n) is 12.4. The molecule has 0 spiro atoms. The molecule has 4 atom stereocenters. The van der Waals surface area contributed by atoms with Gasteiger partial charge >= 0.3 is 0 Å². The fourth-order valence-corrected chi connectivity index (χ4v) is 7.77. The van der Waals surface area contributed by atoms with Crippen molar-refractivity contribution < 1.29 is 42.6 Å². The van der Waals surface area contributed by atoms with E-state index in [4.69, 9.17) is 0 Å². The van der Waals surface area contributed by atoms with Crippen molar-refractivity contribution in [2.45, 2.75) is 60.5 Å². The van der Waals surface area contributed by atoms with Crippen molar-refractivity contribution in [1.82, 2.24) is 19.8 Å². The van der Waals surface area contributed by atoms with E-state index < -0.39 is 57.9 Å². The van der Waals surface area contributed by atoms with Gasteiger partial charge in [-0.15, -0.1) is 22.7 Å². The molecule has 4 rings (SSSR count). The average molecular weight is 611 g/mol. The number of sulfonamides is 1. The van der Waals surface area contributed by atoms with E-state index in [0.29, 0.717) is 4.88 Å². The molecule has 0 saturated carbocycles. The van der Waals surface area contributed by atoms with Crippen LogP contribution in [0.5, 0.6) is 0 Å². The molecule has 2 aliphatic heterocycles. The number of carboxylic acid groups (broad SMARTS) is 2. The quantitative estimate of drug-likeness (QED) is 0.293. The Morgan fingerprint density at radius 1 is 0.850 bits per heavy atom. The van der Waals surface area contributed by atoms with Gasteiger partial charge in [-0.3, -0.25) is 14.4 Å². The second kappa shape index (κ2) is 12.4. The number of nitrogens with zero attached hydrogens (tertiary/aromatic N) is 2.